The van der Waals surface area contributed by atoms with Gasteiger partial charge in [-0.3, -0.25) is 9.59 Å². The molecule has 1 heterocycles. The Morgan fingerprint density at radius 1 is 1.40 bits per heavy atom. The van der Waals surface area contributed by atoms with Gasteiger partial charge in [0.1, 0.15) is 0 Å². The van der Waals surface area contributed by atoms with Crippen LogP contribution in [0.15, 0.2) is 0 Å². The van der Waals surface area contributed by atoms with E-state index in [0.717, 1.165) is 25.1 Å². The highest BCUT2D eigenvalue weighted by Gasteiger charge is 2.40. The van der Waals surface area contributed by atoms with E-state index in [-0.39, 0.29) is 5.12 Å². The summed E-state index contributed by atoms with van der Waals surface area (Å²) in [5, 5.41) is 0.156. The lowest BCUT2D eigenvalue weighted by Gasteiger charge is -2.42. The van der Waals surface area contributed by atoms with Crippen LogP contribution in [-0.4, -0.2) is 34.3 Å². The van der Waals surface area contributed by atoms with Gasteiger partial charge < -0.3 is 4.90 Å². The summed E-state index contributed by atoms with van der Waals surface area (Å²) < 4.78 is 0. The van der Waals surface area contributed by atoms with E-state index in [2.05, 4.69) is 25.7 Å². The molecule has 20 heavy (non-hydrogen) atoms. The third-order valence-corrected chi connectivity index (χ3v) is 5.61. The summed E-state index contributed by atoms with van der Waals surface area (Å²) in [4.78, 5) is 25.4. The number of rotatable bonds is 3. The summed E-state index contributed by atoms with van der Waals surface area (Å²) >= 11 is 1.36. The maximum Gasteiger partial charge on any atom is 0.223 e. The lowest BCUT2D eigenvalue weighted by Crippen LogP contribution is -2.44. The van der Waals surface area contributed by atoms with Gasteiger partial charge in [-0.15, -0.1) is 0 Å². The lowest BCUT2D eigenvalue weighted by molar-refractivity contribution is -0.131. The number of hydrogen-bond acceptors (Lipinski definition) is 3. The SMILES string of the molecule is CC(=O)SCC1CC(=O)N(C2CC(C)CC(C)(C)C2)C1. The predicted octanol–water partition coefficient (Wildman–Crippen LogP) is 3.33. The van der Waals surface area contributed by atoms with Crippen molar-refractivity contribution in [3.8, 4) is 0 Å². The van der Waals surface area contributed by atoms with Gasteiger partial charge in [-0.05, 0) is 36.5 Å². The first-order chi connectivity index (χ1) is 9.27. The number of hydrogen-bond donors (Lipinski definition) is 0. The Morgan fingerprint density at radius 3 is 2.70 bits per heavy atom. The second-order valence-corrected chi connectivity index (χ2v) is 8.68. The predicted molar refractivity (Wildman–Crippen MR) is 83.5 cm³/mol. The Morgan fingerprint density at radius 2 is 2.10 bits per heavy atom. The van der Waals surface area contributed by atoms with Crippen LogP contribution in [0.5, 0.6) is 0 Å². The van der Waals surface area contributed by atoms with Gasteiger partial charge in [0.15, 0.2) is 5.12 Å². The van der Waals surface area contributed by atoms with E-state index >= 15 is 0 Å². The third-order valence-electron chi connectivity index (χ3n) is 4.57. The third kappa shape index (κ3) is 4.00. The van der Waals surface area contributed by atoms with Crippen LogP contribution in [0, 0.1) is 17.3 Å². The molecule has 2 aliphatic rings. The van der Waals surface area contributed by atoms with Crippen LogP contribution < -0.4 is 0 Å². The monoisotopic (exact) mass is 297 g/mol. The largest absolute Gasteiger partial charge is 0.339 e. The molecule has 0 aromatic carbocycles. The molecule has 0 radical (unpaired) electrons. The van der Waals surface area contributed by atoms with E-state index in [0.29, 0.717) is 35.6 Å². The number of amides is 1. The average Bonchev–Trinajstić information content (AvgIpc) is 2.65. The summed E-state index contributed by atoms with van der Waals surface area (Å²) in [6.07, 6.45) is 4.15. The summed E-state index contributed by atoms with van der Waals surface area (Å²) in [6.45, 7) is 9.40. The molecule has 0 bridgehead atoms. The van der Waals surface area contributed by atoms with Crippen molar-refractivity contribution in [2.45, 2.75) is 59.4 Å². The van der Waals surface area contributed by atoms with E-state index in [1.165, 1.54) is 18.2 Å². The number of likely N-dealkylation sites (tertiary alicyclic amines) is 1. The Kier molecular flexibility index (Phi) is 4.83. The van der Waals surface area contributed by atoms with Gasteiger partial charge in [-0.1, -0.05) is 32.5 Å². The van der Waals surface area contributed by atoms with Crippen LogP contribution in [0.3, 0.4) is 0 Å². The van der Waals surface area contributed by atoms with Crippen LogP contribution in [-0.2, 0) is 9.59 Å². The van der Waals surface area contributed by atoms with E-state index in [9.17, 15) is 9.59 Å². The molecule has 1 aliphatic carbocycles. The van der Waals surface area contributed by atoms with Crippen molar-refractivity contribution in [3.05, 3.63) is 0 Å². The molecule has 2 fully saturated rings. The fraction of sp³-hybridized carbons (Fsp3) is 0.875. The molecular weight excluding hydrogens is 270 g/mol. The van der Waals surface area contributed by atoms with E-state index < -0.39 is 0 Å². The highest BCUT2D eigenvalue weighted by atomic mass is 32.2. The number of nitrogens with zero attached hydrogens (tertiary/aromatic N) is 1. The first-order valence-corrected chi connectivity index (χ1v) is 8.68. The Labute approximate surface area is 126 Å². The minimum atomic E-state index is 0.156. The van der Waals surface area contributed by atoms with Gasteiger partial charge in [0.05, 0.1) is 0 Å². The standard InChI is InChI=1S/C16H27NO2S/c1-11-5-14(8-16(3,4)7-11)17-9-13(6-15(17)19)10-20-12(2)18/h11,13-14H,5-10H2,1-4H3. The summed E-state index contributed by atoms with van der Waals surface area (Å²) in [6, 6.07) is 0.411. The normalized spacial score (nSPS) is 33.5. The van der Waals surface area contributed by atoms with Crippen molar-refractivity contribution >= 4 is 22.8 Å². The summed E-state index contributed by atoms with van der Waals surface area (Å²) in [5.74, 6) is 2.15. The minimum Gasteiger partial charge on any atom is -0.339 e. The second kappa shape index (κ2) is 6.08. The highest BCUT2D eigenvalue weighted by Crippen LogP contribution is 2.41. The van der Waals surface area contributed by atoms with Crippen molar-refractivity contribution in [1.82, 2.24) is 4.90 Å². The van der Waals surface area contributed by atoms with Crippen LogP contribution >= 0.6 is 11.8 Å². The molecule has 1 amide bonds. The van der Waals surface area contributed by atoms with Crippen molar-refractivity contribution in [2.75, 3.05) is 12.3 Å². The molecule has 0 aromatic heterocycles. The van der Waals surface area contributed by atoms with Crippen LogP contribution in [0.2, 0.25) is 0 Å². The lowest BCUT2D eigenvalue weighted by atomic mass is 9.70. The fourth-order valence-corrected chi connectivity index (χ4v) is 4.74. The molecule has 0 N–H and O–H groups in total. The van der Waals surface area contributed by atoms with Crippen LogP contribution in [0.25, 0.3) is 0 Å². The molecule has 4 heteroatoms. The first kappa shape index (κ1) is 15.9. The molecule has 3 atom stereocenters. The molecule has 0 aromatic rings. The summed E-state index contributed by atoms with van der Waals surface area (Å²) in [5.41, 5.74) is 0.342. The average molecular weight is 297 g/mol. The minimum absolute atomic E-state index is 0.156. The number of carbonyl (C=O) groups excluding carboxylic acids is 2. The van der Waals surface area contributed by atoms with Gasteiger partial charge in [-0.25, -0.2) is 0 Å². The molecule has 1 aliphatic heterocycles. The Hall–Kier alpha value is -0.510. The highest BCUT2D eigenvalue weighted by molar-refractivity contribution is 8.13. The Balaban J connectivity index is 1.95. The molecular formula is C16H27NO2S. The zero-order valence-corrected chi connectivity index (χ0v) is 14.0. The van der Waals surface area contributed by atoms with Crippen molar-refractivity contribution < 1.29 is 9.59 Å². The number of thioether (sulfide) groups is 1. The summed E-state index contributed by atoms with van der Waals surface area (Å²) in [7, 11) is 0. The van der Waals surface area contributed by atoms with Crippen LogP contribution in [0.1, 0.15) is 53.4 Å². The maximum atomic E-state index is 12.3. The zero-order valence-electron chi connectivity index (χ0n) is 13.1. The molecule has 3 unspecified atom stereocenters. The van der Waals surface area contributed by atoms with Gasteiger partial charge in [0.2, 0.25) is 5.91 Å². The van der Waals surface area contributed by atoms with Crippen LogP contribution in [0.4, 0.5) is 0 Å². The van der Waals surface area contributed by atoms with Crippen molar-refractivity contribution in [2.24, 2.45) is 17.3 Å². The number of carbonyl (C=O) groups is 2. The first-order valence-electron chi connectivity index (χ1n) is 7.69. The smallest absolute Gasteiger partial charge is 0.223 e. The van der Waals surface area contributed by atoms with Gasteiger partial charge in [0.25, 0.3) is 0 Å². The molecule has 1 saturated heterocycles. The maximum absolute atomic E-state index is 12.3. The van der Waals surface area contributed by atoms with Gasteiger partial charge >= 0.3 is 0 Å². The van der Waals surface area contributed by atoms with Gasteiger partial charge in [-0.2, -0.15) is 0 Å². The fourth-order valence-electron chi connectivity index (χ4n) is 4.04. The molecule has 114 valence electrons. The van der Waals surface area contributed by atoms with E-state index in [1.54, 1.807) is 6.92 Å². The van der Waals surface area contributed by atoms with E-state index in [1.807, 2.05) is 0 Å². The molecule has 3 nitrogen and oxygen atoms in total. The quantitative estimate of drug-likeness (QED) is 0.802. The van der Waals surface area contributed by atoms with E-state index in [4.69, 9.17) is 0 Å². The zero-order chi connectivity index (χ0) is 14.9. The molecule has 1 saturated carbocycles. The molecule has 2 rings (SSSR count). The van der Waals surface area contributed by atoms with Gasteiger partial charge in [0, 0.05) is 31.7 Å². The van der Waals surface area contributed by atoms with Crippen molar-refractivity contribution in [1.29, 1.82) is 0 Å². The Bertz CT molecular complexity index is 394. The molecule has 0 spiro atoms. The topological polar surface area (TPSA) is 37.4 Å². The second-order valence-electron chi connectivity index (χ2n) is 7.49. The van der Waals surface area contributed by atoms with Crippen molar-refractivity contribution in [3.63, 3.8) is 0 Å².